The van der Waals surface area contributed by atoms with Gasteiger partial charge in [-0.25, -0.2) is 9.37 Å². The standard InChI is InChI=1S/C11H6Cl2FIN2O/c12-7-2-1-3-8(14)6(7)4-17-5-16-10(13)9(15)11(17)18/h1-3,5H,4H2. The summed E-state index contributed by atoms with van der Waals surface area (Å²) in [6.45, 7) is 0.0184. The van der Waals surface area contributed by atoms with Crippen LogP contribution in [-0.2, 0) is 6.54 Å². The highest BCUT2D eigenvalue weighted by Crippen LogP contribution is 2.20. The van der Waals surface area contributed by atoms with E-state index in [0.717, 1.165) is 0 Å². The predicted molar refractivity (Wildman–Crippen MR) is 76.7 cm³/mol. The predicted octanol–water partition coefficient (Wildman–Crippen LogP) is 3.34. The summed E-state index contributed by atoms with van der Waals surface area (Å²) >= 11 is 13.4. The molecule has 1 heterocycles. The highest BCUT2D eigenvalue weighted by molar-refractivity contribution is 14.1. The first-order valence-electron chi connectivity index (χ1n) is 4.84. The van der Waals surface area contributed by atoms with Crippen LogP contribution in [0.1, 0.15) is 5.56 Å². The van der Waals surface area contributed by atoms with Crippen molar-refractivity contribution in [2.24, 2.45) is 0 Å². The van der Waals surface area contributed by atoms with Crippen molar-refractivity contribution < 1.29 is 4.39 Å². The Morgan fingerprint density at radius 3 is 2.78 bits per heavy atom. The van der Waals surface area contributed by atoms with Crippen LogP contribution >= 0.6 is 45.8 Å². The number of nitrogens with zero attached hydrogens (tertiary/aromatic N) is 2. The van der Waals surface area contributed by atoms with Gasteiger partial charge in [0.15, 0.2) is 0 Å². The first-order valence-corrected chi connectivity index (χ1v) is 6.67. The molecule has 0 saturated heterocycles. The molecule has 1 aromatic carbocycles. The molecule has 2 aromatic rings. The number of halogens is 4. The van der Waals surface area contributed by atoms with Gasteiger partial charge >= 0.3 is 0 Å². The molecule has 0 aliphatic carbocycles. The topological polar surface area (TPSA) is 34.9 Å². The lowest BCUT2D eigenvalue weighted by Gasteiger charge is -2.08. The highest BCUT2D eigenvalue weighted by atomic mass is 127. The molecule has 0 atom stereocenters. The number of hydrogen-bond donors (Lipinski definition) is 0. The fourth-order valence-corrected chi connectivity index (χ4v) is 2.21. The summed E-state index contributed by atoms with van der Waals surface area (Å²) in [7, 11) is 0. The van der Waals surface area contributed by atoms with E-state index in [2.05, 4.69) is 4.98 Å². The van der Waals surface area contributed by atoms with Crippen LogP contribution in [0.4, 0.5) is 4.39 Å². The summed E-state index contributed by atoms with van der Waals surface area (Å²) in [6.07, 6.45) is 1.27. The van der Waals surface area contributed by atoms with Gasteiger partial charge in [-0.15, -0.1) is 0 Å². The molecule has 0 bridgehead atoms. The van der Waals surface area contributed by atoms with Gasteiger partial charge in [0.25, 0.3) is 5.56 Å². The van der Waals surface area contributed by atoms with Crippen molar-refractivity contribution in [3.8, 4) is 0 Å². The fraction of sp³-hybridized carbons (Fsp3) is 0.0909. The van der Waals surface area contributed by atoms with Crippen LogP contribution in [0.15, 0.2) is 29.3 Å². The van der Waals surface area contributed by atoms with Gasteiger partial charge in [0, 0.05) is 10.6 Å². The lowest BCUT2D eigenvalue weighted by atomic mass is 10.2. The third-order valence-electron chi connectivity index (χ3n) is 2.33. The van der Waals surface area contributed by atoms with E-state index in [1.165, 1.54) is 23.0 Å². The van der Waals surface area contributed by atoms with Crippen LogP contribution in [0.5, 0.6) is 0 Å². The average Bonchev–Trinajstić information content (AvgIpc) is 2.34. The van der Waals surface area contributed by atoms with Crippen molar-refractivity contribution in [3.63, 3.8) is 0 Å². The summed E-state index contributed by atoms with van der Waals surface area (Å²) in [6, 6.07) is 4.37. The van der Waals surface area contributed by atoms with Gasteiger partial charge in [0.2, 0.25) is 0 Å². The molecular formula is C11H6Cl2FIN2O. The lowest BCUT2D eigenvalue weighted by Crippen LogP contribution is -2.24. The number of benzene rings is 1. The first kappa shape index (κ1) is 13.8. The third kappa shape index (κ3) is 2.67. The molecule has 0 N–H and O–H groups in total. The van der Waals surface area contributed by atoms with E-state index >= 15 is 0 Å². The molecule has 2 rings (SSSR count). The summed E-state index contributed by atoms with van der Waals surface area (Å²) < 4.78 is 15.2. The molecule has 3 nitrogen and oxygen atoms in total. The van der Waals surface area contributed by atoms with Gasteiger partial charge in [-0.2, -0.15) is 0 Å². The molecule has 18 heavy (non-hydrogen) atoms. The van der Waals surface area contributed by atoms with Crippen molar-refractivity contribution in [3.05, 3.63) is 60.0 Å². The fourth-order valence-electron chi connectivity index (χ4n) is 1.41. The molecule has 7 heteroatoms. The molecule has 0 saturated carbocycles. The van der Waals surface area contributed by atoms with Gasteiger partial charge in [0.05, 0.1) is 12.9 Å². The normalized spacial score (nSPS) is 10.7. The molecule has 94 valence electrons. The van der Waals surface area contributed by atoms with Crippen LogP contribution in [-0.4, -0.2) is 9.55 Å². The Morgan fingerprint density at radius 1 is 1.39 bits per heavy atom. The van der Waals surface area contributed by atoms with E-state index in [1.807, 2.05) is 0 Å². The van der Waals surface area contributed by atoms with Gasteiger partial charge in [0.1, 0.15) is 14.5 Å². The second-order valence-electron chi connectivity index (χ2n) is 3.48. The zero-order valence-corrected chi connectivity index (χ0v) is 12.5. The molecule has 0 aliphatic heterocycles. The zero-order chi connectivity index (χ0) is 13.3. The van der Waals surface area contributed by atoms with Crippen molar-refractivity contribution in [2.75, 3.05) is 0 Å². The maximum absolute atomic E-state index is 13.6. The van der Waals surface area contributed by atoms with Crippen molar-refractivity contribution in [2.45, 2.75) is 6.54 Å². The summed E-state index contributed by atoms with van der Waals surface area (Å²) in [5, 5.41) is 0.406. The minimum atomic E-state index is -0.459. The maximum atomic E-state index is 13.6. The lowest BCUT2D eigenvalue weighted by molar-refractivity contribution is 0.594. The SMILES string of the molecule is O=c1c(I)c(Cl)ncn1Cc1c(F)cccc1Cl. The molecule has 0 radical (unpaired) electrons. The minimum absolute atomic E-state index is 0.0184. The quantitative estimate of drug-likeness (QED) is 0.574. The monoisotopic (exact) mass is 398 g/mol. The molecule has 0 amide bonds. The van der Waals surface area contributed by atoms with E-state index < -0.39 is 5.82 Å². The Morgan fingerprint density at radius 2 is 2.11 bits per heavy atom. The minimum Gasteiger partial charge on any atom is -0.294 e. The third-order valence-corrected chi connectivity index (χ3v) is 4.26. The molecule has 0 unspecified atom stereocenters. The molecular weight excluding hydrogens is 393 g/mol. The Hall–Kier alpha value is -0.660. The van der Waals surface area contributed by atoms with E-state index in [-0.39, 0.29) is 27.8 Å². The van der Waals surface area contributed by atoms with E-state index in [0.29, 0.717) is 3.57 Å². The Balaban J connectivity index is 2.47. The van der Waals surface area contributed by atoms with Gasteiger partial charge in [-0.05, 0) is 34.7 Å². The molecule has 0 aliphatic rings. The maximum Gasteiger partial charge on any atom is 0.268 e. The number of aromatic nitrogens is 2. The van der Waals surface area contributed by atoms with Crippen molar-refractivity contribution in [1.29, 1.82) is 0 Å². The summed E-state index contributed by atoms with van der Waals surface area (Å²) in [5.41, 5.74) is -0.0730. The van der Waals surface area contributed by atoms with Crippen molar-refractivity contribution in [1.82, 2.24) is 9.55 Å². The largest absolute Gasteiger partial charge is 0.294 e. The smallest absolute Gasteiger partial charge is 0.268 e. The van der Waals surface area contributed by atoms with Gasteiger partial charge in [-0.1, -0.05) is 29.3 Å². The molecule has 0 fully saturated rings. The first-order chi connectivity index (χ1) is 8.50. The summed E-state index contributed by atoms with van der Waals surface area (Å²) in [4.78, 5) is 15.7. The number of hydrogen-bond acceptors (Lipinski definition) is 2. The van der Waals surface area contributed by atoms with Crippen LogP contribution < -0.4 is 5.56 Å². The van der Waals surface area contributed by atoms with Crippen LogP contribution in [0.25, 0.3) is 0 Å². The zero-order valence-electron chi connectivity index (χ0n) is 8.83. The Labute approximate surface area is 126 Å². The second kappa shape index (κ2) is 5.54. The second-order valence-corrected chi connectivity index (χ2v) is 5.33. The average molecular weight is 399 g/mol. The number of rotatable bonds is 2. The summed E-state index contributed by atoms with van der Waals surface area (Å²) in [5.74, 6) is -0.459. The Bertz CT molecular complexity index is 640. The van der Waals surface area contributed by atoms with Crippen LogP contribution in [0.3, 0.4) is 0 Å². The Kier molecular flexibility index (Phi) is 4.24. The van der Waals surface area contributed by atoms with Gasteiger partial charge in [-0.3, -0.25) is 9.36 Å². The van der Waals surface area contributed by atoms with Gasteiger partial charge < -0.3 is 0 Å². The van der Waals surface area contributed by atoms with E-state index in [4.69, 9.17) is 23.2 Å². The van der Waals surface area contributed by atoms with E-state index in [9.17, 15) is 9.18 Å². The van der Waals surface area contributed by atoms with E-state index in [1.54, 1.807) is 28.7 Å². The van der Waals surface area contributed by atoms with Crippen molar-refractivity contribution >= 4 is 45.8 Å². The molecule has 1 aromatic heterocycles. The highest BCUT2D eigenvalue weighted by Gasteiger charge is 2.11. The van der Waals surface area contributed by atoms with Crippen LogP contribution in [0.2, 0.25) is 10.2 Å². The molecule has 0 spiro atoms. The van der Waals surface area contributed by atoms with Crippen LogP contribution in [0, 0.1) is 9.39 Å².